The monoisotopic (exact) mass is 479 g/mol. The molecule has 3 N–H and O–H groups in total. The summed E-state index contributed by atoms with van der Waals surface area (Å²) in [7, 11) is 0. The maximum atomic E-state index is 11.4. The zero-order chi connectivity index (χ0) is 24.1. The van der Waals surface area contributed by atoms with E-state index in [1.807, 2.05) is 30.3 Å². The fourth-order valence-corrected chi connectivity index (χ4v) is 3.73. The molecule has 2 aromatic carbocycles. The summed E-state index contributed by atoms with van der Waals surface area (Å²) in [6, 6.07) is 12.9. The minimum Gasteiger partial charge on any atom is -0.506 e. The first kappa shape index (κ1) is 23.5. The number of ether oxygens (including phenoxy) is 1. The predicted octanol–water partition coefficient (Wildman–Crippen LogP) is 4.64. The van der Waals surface area contributed by atoms with Gasteiger partial charge in [-0.05, 0) is 37.3 Å². The van der Waals surface area contributed by atoms with Gasteiger partial charge in [-0.2, -0.15) is 0 Å². The summed E-state index contributed by atoms with van der Waals surface area (Å²) in [5.74, 6) is 0.535. The van der Waals surface area contributed by atoms with Crippen molar-refractivity contribution in [3.63, 3.8) is 0 Å². The van der Waals surface area contributed by atoms with Crippen molar-refractivity contribution in [3.8, 4) is 17.0 Å². The van der Waals surface area contributed by atoms with Gasteiger partial charge in [0.15, 0.2) is 5.78 Å². The summed E-state index contributed by atoms with van der Waals surface area (Å²) in [5, 5.41) is 17.1. The lowest BCUT2D eigenvalue weighted by Crippen LogP contribution is -2.36. The number of hydrogen-bond acceptors (Lipinski definition) is 8. The summed E-state index contributed by atoms with van der Waals surface area (Å²) in [5.41, 5.74) is 4.16. The minimum absolute atomic E-state index is 0.0516. The van der Waals surface area contributed by atoms with Crippen molar-refractivity contribution in [1.29, 1.82) is 0 Å². The molecule has 34 heavy (non-hydrogen) atoms. The molecule has 3 aromatic rings. The van der Waals surface area contributed by atoms with E-state index in [1.54, 1.807) is 18.3 Å². The standard InChI is InChI=1S/C25H26ClN5O3/c1-16(17(2)32)14-27-19-5-3-4-18(12-19)24-21(26)15-28-25(30-24)29-20-6-7-23(33)22(13-20)31-8-10-34-11-9-31/h3-7,12-13,15,27,33H,1,8-11,14H2,2H3,(H,28,29,30). The number of Topliss-reactive ketones (excluding diaryl/α,β-unsaturated/α-hetero) is 1. The Morgan fingerprint density at radius 1 is 1.21 bits per heavy atom. The molecule has 0 unspecified atom stereocenters. The maximum Gasteiger partial charge on any atom is 0.227 e. The molecule has 8 nitrogen and oxygen atoms in total. The van der Waals surface area contributed by atoms with Crippen molar-refractivity contribution >= 4 is 40.4 Å². The largest absolute Gasteiger partial charge is 0.506 e. The van der Waals surface area contributed by atoms with Crippen LogP contribution in [0.3, 0.4) is 0 Å². The van der Waals surface area contributed by atoms with Crippen LogP contribution in [-0.2, 0) is 9.53 Å². The van der Waals surface area contributed by atoms with Gasteiger partial charge in [0.25, 0.3) is 0 Å². The highest BCUT2D eigenvalue weighted by Crippen LogP contribution is 2.33. The third-order valence-corrected chi connectivity index (χ3v) is 5.74. The van der Waals surface area contributed by atoms with Crippen molar-refractivity contribution in [3.05, 3.63) is 65.8 Å². The van der Waals surface area contributed by atoms with Crippen LogP contribution in [-0.4, -0.2) is 53.7 Å². The second-order valence-corrected chi connectivity index (χ2v) is 8.32. The van der Waals surface area contributed by atoms with Crippen molar-refractivity contribution < 1.29 is 14.6 Å². The van der Waals surface area contributed by atoms with Gasteiger partial charge in [-0.25, -0.2) is 9.97 Å². The molecule has 1 aliphatic rings. The van der Waals surface area contributed by atoms with Gasteiger partial charge in [0.05, 0.1) is 35.8 Å². The van der Waals surface area contributed by atoms with Gasteiger partial charge in [-0.1, -0.05) is 30.3 Å². The fraction of sp³-hybridized carbons (Fsp3) is 0.240. The second kappa shape index (κ2) is 10.5. The van der Waals surface area contributed by atoms with Gasteiger partial charge in [0.2, 0.25) is 5.95 Å². The molecular weight excluding hydrogens is 454 g/mol. The number of phenols is 1. The van der Waals surface area contributed by atoms with E-state index in [4.69, 9.17) is 16.3 Å². The molecule has 1 fully saturated rings. The topological polar surface area (TPSA) is 99.6 Å². The number of phenolic OH excluding ortho intramolecular Hbond substituents is 1. The summed E-state index contributed by atoms with van der Waals surface area (Å²) in [6.07, 6.45) is 1.55. The highest BCUT2D eigenvalue weighted by atomic mass is 35.5. The molecule has 0 amide bonds. The molecule has 1 aliphatic heterocycles. The molecular formula is C25H26ClN5O3. The van der Waals surface area contributed by atoms with E-state index in [1.165, 1.54) is 6.92 Å². The van der Waals surface area contributed by atoms with Gasteiger partial charge in [-0.15, -0.1) is 0 Å². The predicted molar refractivity (Wildman–Crippen MR) is 135 cm³/mol. The van der Waals surface area contributed by atoms with Crippen LogP contribution < -0.4 is 15.5 Å². The van der Waals surface area contributed by atoms with Crippen LogP contribution in [0.1, 0.15) is 6.92 Å². The molecule has 1 saturated heterocycles. The number of carbonyl (C=O) groups excluding carboxylic acids is 1. The molecule has 0 saturated carbocycles. The van der Waals surface area contributed by atoms with Crippen LogP contribution in [0.15, 0.2) is 60.8 Å². The SMILES string of the molecule is C=C(CNc1cccc(-c2nc(Nc3ccc(O)c(N4CCOCC4)c3)ncc2Cl)c1)C(C)=O. The number of nitrogens with one attached hydrogen (secondary N) is 2. The highest BCUT2D eigenvalue weighted by Gasteiger charge is 2.16. The Bertz CT molecular complexity index is 1210. The van der Waals surface area contributed by atoms with Crippen molar-refractivity contribution in [1.82, 2.24) is 9.97 Å². The molecule has 1 aromatic heterocycles. The zero-order valence-corrected chi connectivity index (χ0v) is 19.6. The fourth-order valence-electron chi connectivity index (χ4n) is 3.53. The van der Waals surface area contributed by atoms with Crippen LogP contribution in [0.4, 0.5) is 23.0 Å². The summed E-state index contributed by atoms with van der Waals surface area (Å²) in [4.78, 5) is 22.4. The molecule has 0 aliphatic carbocycles. The van der Waals surface area contributed by atoms with Crippen molar-refractivity contribution in [2.24, 2.45) is 0 Å². The number of aromatic hydroxyl groups is 1. The Kier molecular flexibility index (Phi) is 7.30. The zero-order valence-electron chi connectivity index (χ0n) is 18.8. The quantitative estimate of drug-likeness (QED) is 0.317. The number of halogens is 1. The molecule has 0 spiro atoms. The Balaban J connectivity index is 1.55. The normalized spacial score (nSPS) is 13.4. The van der Waals surface area contributed by atoms with Crippen LogP contribution in [0.5, 0.6) is 5.75 Å². The van der Waals surface area contributed by atoms with Gasteiger partial charge < -0.3 is 25.4 Å². The van der Waals surface area contributed by atoms with Crippen LogP contribution >= 0.6 is 11.6 Å². The summed E-state index contributed by atoms with van der Waals surface area (Å²) >= 11 is 6.42. The first-order chi connectivity index (χ1) is 16.4. The van der Waals surface area contributed by atoms with Gasteiger partial charge in [-0.3, -0.25) is 4.79 Å². The van der Waals surface area contributed by atoms with E-state index in [0.29, 0.717) is 55.1 Å². The molecule has 0 radical (unpaired) electrons. The Morgan fingerprint density at radius 2 is 2.00 bits per heavy atom. The molecule has 4 rings (SSSR count). The minimum atomic E-state index is -0.0516. The van der Waals surface area contributed by atoms with Gasteiger partial charge >= 0.3 is 0 Å². The Hall–Kier alpha value is -3.62. The van der Waals surface area contributed by atoms with Gasteiger partial charge in [0, 0.05) is 42.1 Å². The van der Waals surface area contributed by atoms with E-state index in [0.717, 1.165) is 22.6 Å². The number of ketones is 1. The number of rotatable bonds is 8. The number of carbonyl (C=O) groups is 1. The third kappa shape index (κ3) is 5.65. The van der Waals surface area contributed by atoms with E-state index in [-0.39, 0.29) is 11.5 Å². The van der Waals surface area contributed by atoms with E-state index in [9.17, 15) is 9.90 Å². The van der Waals surface area contributed by atoms with E-state index >= 15 is 0 Å². The van der Waals surface area contributed by atoms with Gasteiger partial charge in [0.1, 0.15) is 5.75 Å². The smallest absolute Gasteiger partial charge is 0.227 e. The van der Waals surface area contributed by atoms with Crippen LogP contribution in [0.2, 0.25) is 5.02 Å². The maximum absolute atomic E-state index is 11.4. The number of aromatic nitrogens is 2. The van der Waals surface area contributed by atoms with E-state index in [2.05, 4.69) is 32.1 Å². The number of nitrogens with zero attached hydrogens (tertiary/aromatic N) is 3. The highest BCUT2D eigenvalue weighted by molar-refractivity contribution is 6.32. The lowest BCUT2D eigenvalue weighted by molar-refractivity contribution is -0.113. The molecule has 9 heteroatoms. The first-order valence-corrected chi connectivity index (χ1v) is 11.3. The van der Waals surface area contributed by atoms with Crippen molar-refractivity contribution in [2.45, 2.75) is 6.92 Å². The number of anilines is 4. The Labute approximate surface area is 203 Å². The average molecular weight is 480 g/mol. The number of hydrogen-bond donors (Lipinski definition) is 3. The first-order valence-electron chi connectivity index (χ1n) is 10.9. The summed E-state index contributed by atoms with van der Waals surface area (Å²) in [6.45, 7) is 8.29. The third-order valence-electron chi connectivity index (χ3n) is 5.47. The summed E-state index contributed by atoms with van der Waals surface area (Å²) < 4.78 is 5.40. The van der Waals surface area contributed by atoms with Crippen molar-refractivity contribution in [2.75, 3.05) is 48.4 Å². The lowest BCUT2D eigenvalue weighted by Gasteiger charge is -2.29. The number of morpholine rings is 1. The van der Waals surface area contributed by atoms with Crippen LogP contribution in [0, 0.1) is 0 Å². The molecule has 0 bridgehead atoms. The van der Waals surface area contributed by atoms with Crippen LogP contribution in [0.25, 0.3) is 11.3 Å². The molecule has 2 heterocycles. The second-order valence-electron chi connectivity index (χ2n) is 7.91. The lowest BCUT2D eigenvalue weighted by atomic mass is 10.1. The molecule has 0 atom stereocenters. The Morgan fingerprint density at radius 3 is 2.76 bits per heavy atom. The molecule has 176 valence electrons. The number of benzene rings is 2. The average Bonchev–Trinajstić information content (AvgIpc) is 2.85. The van der Waals surface area contributed by atoms with E-state index < -0.39 is 0 Å².